The van der Waals surface area contributed by atoms with Crippen molar-refractivity contribution < 1.29 is 17.6 Å². The number of hydrogen-bond acceptors (Lipinski definition) is 3. The minimum Gasteiger partial charge on any atom is -0.338 e. The highest BCUT2D eigenvalue weighted by Gasteiger charge is 2.32. The Morgan fingerprint density at radius 1 is 1.04 bits per heavy atom. The highest BCUT2D eigenvalue weighted by Crippen LogP contribution is 2.29. The molecule has 1 unspecified atom stereocenters. The van der Waals surface area contributed by atoms with Gasteiger partial charge in [-0.1, -0.05) is 48.5 Å². The summed E-state index contributed by atoms with van der Waals surface area (Å²) in [4.78, 5) is 13.9. The van der Waals surface area contributed by atoms with E-state index in [0.717, 1.165) is 5.56 Å². The Hall–Kier alpha value is -2.47. The molecule has 6 heteroatoms. The first-order valence-corrected chi connectivity index (χ1v) is 10.2. The van der Waals surface area contributed by atoms with Gasteiger partial charge >= 0.3 is 0 Å². The zero-order valence-corrected chi connectivity index (χ0v) is 15.0. The van der Waals surface area contributed by atoms with Crippen LogP contribution in [0.25, 0.3) is 6.08 Å². The molecule has 1 aliphatic rings. The van der Waals surface area contributed by atoms with Gasteiger partial charge in [-0.05, 0) is 24.1 Å². The van der Waals surface area contributed by atoms with E-state index in [9.17, 15) is 17.6 Å². The maximum atomic E-state index is 13.6. The van der Waals surface area contributed by atoms with Gasteiger partial charge in [0.05, 0.1) is 11.0 Å². The van der Waals surface area contributed by atoms with Crippen LogP contribution in [0.1, 0.15) is 22.8 Å². The van der Waals surface area contributed by atoms with Crippen molar-refractivity contribution in [3.63, 3.8) is 0 Å². The first-order valence-electron chi connectivity index (χ1n) is 8.45. The minimum absolute atomic E-state index is 0.0775. The van der Waals surface area contributed by atoms with E-state index in [0.29, 0.717) is 18.5 Å². The van der Waals surface area contributed by atoms with E-state index in [1.807, 2.05) is 18.2 Å². The van der Waals surface area contributed by atoms with Crippen molar-refractivity contribution in [1.82, 2.24) is 4.90 Å². The van der Waals surface area contributed by atoms with Crippen molar-refractivity contribution in [3.05, 3.63) is 77.6 Å². The van der Waals surface area contributed by atoms with E-state index in [1.165, 1.54) is 23.1 Å². The van der Waals surface area contributed by atoms with Gasteiger partial charge in [-0.3, -0.25) is 4.79 Å². The molecule has 1 atom stereocenters. The van der Waals surface area contributed by atoms with Gasteiger partial charge in [-0.2, -0.15) is 0 Å². The summed E-state index contributed by atoms with van der Waals surface area (Å²) in [6, 6.07) is 15.3. The molecular formula is C20H20FNO3S. The lowest BCUT2D eigenvalue weighted by molar-refractivity contribution is -0.125. The second kappa shape index (κ2) is 7.83. The van der Waals surface area contributed by atoms with Crippen LogP contribution in [0, 0.1) is 5.82 Å². The number of carbonyl (C=O) groups excluding carboxylic acids is 1. The average Bonchev–Trinajstić information content (AvgIpc) is 2.79. The summed E-state index contributed by atoms with van der Waals surface area (Å²) in [6.07, 6.45) is 3.07. The molecule has 1 fully saturated rings. The molecule has 0 bridgehead atoms. The van der Waals surface area contributed by atoms with Crippen LogP contribution in [0.4, 0.5) is 4.39 Å². The van der Waals surface area contributed by atoms with Crippen molar-refractivity contribution in [1.29, 1.82) is 0 Å². The molecule has 1 heterocycles. The SMILES string of the molecule is O=C(/C=C/c1ccccc1F)N1CCC(c2ccccc2)S(=O)(=O)CC1. The second-order valence-corrected chi connectivity index (χ2v) is 8.54. The molecule has 0 spiro atoms. The van der Waals surface area contributed by atoms with Gasteiger partial charge < -0.3 is 4.90 Å². The average molecular weight is 373 g/mol. The lowest BCUT2D eigenvalue weighted by Gasteiger charge is -2.18. The molecule has 1 amide bonds. The van der Waals surface area contributed by atoms with Crippen molar-refractivity contribution in [2.75, 3.05) is 18.8 Å². The molecule has 1 aliphatic heterocycles. The smallest absolute Gasteiger partial charge is 0.246 e. The summed E-state index contributed by atoms with van der Waals surface area (Å²) in [5.74, 6) is -0.789. The number of carbonyl (C=O) groups is 1. The van der Waals surface area contributed by atoms with E-state index in [2.05, 4.69) is 0 Å². The molecule has 0 aromatic heterocycles. The van der Waals surface area contributed by atoms with Crippen LogP contribution in [0.15, 0.2) is 60.7 Å². The van der Waals surface area contributed by atoms with E-state index < -0.39 is 20.9 Å². The Kier molecular flexibility index (Phi) is 5.52. The summed E-state index contributed by atoms with van der Waals surface area (Å²) in [6.45, 7) is 0.491. The molecule has 2 aromatic rings. The van der Waals surface area contributed by atoms with E-state index in [4.69, 9.17) is 0 Å². The van der Waals surface area contributed by atoms with Gasteiger partial charge in [0.1, 0.15) is 5.82 Å². The number of benzene rings is 2. The van der Waals surface area contributed by atoms with Crippen LogP contribution in [-0.4, -0.2) is 38.1 Å². The fraction of sp³-hybridized carbons (Fsp3) is 0.250. The van der Waals surface area contributed by atoms with Crippen LogP contribution in [0.2, 0.25) is 0 Å². The standard InChI is InChI=1S/C20H20FNO3S/c21-18-9-5-4-6-16(18)10-11-20(23)22-13-12-19(26(24,25)15-14-22)17-7-2-1-3-8-17/h1-11,19H,12-15H2/b11-10+. The molecule has 136 valence electrons. The number of amides is 1. The van der Waals surface area contributed by atoms with Crippen LogP contribution < -0.4 is 0 Å². The van der Waals surface area contributed by atoms with Crippen LogP contribution in [-0.2, 0) is 14.6 Å². The lowest BCUT2D eigenvalue weighted by Crippen LogP contribution is -2.32. The molecule has 26 heavy (non-hydrogen) atoms. The van der Waals surface area contributed by atoms with Gasteiger partial charge in [0.25, 0.3) is 0 Å². The normalized spacial score (nSPS) is 20.0. The highest BCUT2D eigenvalue weighted by molar-refractivity contribution is 7.91. The largest absolute Gasteiger partial charge is 0.338 e. The zero-order valence-electron chi connectivity index (χ0n) is 14.2. The molecule has 2 aromatic carbocycles. The predicted molar refractivity (Wildman–Crippen MR) is 99.6 cm³/mol. The Balaban J connectivity index is 1.73. The summed E-state index contributed by atoms with van der Waals surface area (Å²) in [5.41, 5.74) is 1.08. The Labute approximate surface area is 152 Å². The van der Waals surface area contributed by atoms with E-state index in [-0.39, 0.29) is 18.2 Å². The molecule has 0 saturated carbocycles. The Morgan fingerprint density at radius 2 is 1.73 bits per heavy atom. The van der Waals surface area contributed by atoms with Crippen LogP contribution in [0.3, 0.4) is 0 Å². The zero-order chi connectivity index (χ0) is 18.6. The monoisotopic (exact) mass is 373 g/mol. The first-order chi connectivity index (χ1) is 12.5. The van der Waals surface area contributed by atoms with Crippen molar-refractivity contribution >= 4 is 21.8 Å². The maximum Gasteiger partial charge on any atom is 0.246 e. The third kappa shape index (κ3) is 4.19. The van der Waals surface area contributed by atoms with Crippen molar-refractivity contribution in [3.8, 4) is 0 Å². The predicted octanol–water partition coefficient (Wildman–Crippen LogP) is 3.23. The topological polar surface area (TPSA) is 54.5 Å². The fourth-order valence-electron chi connectivity index (χ4n) is 3.08. The van der Waals surface area contributed by atoms with Gasteiger partial charge in [0, 0.05) is 24.7 Å². The summed E-state index contributed by atoms with van der Waals surface area (Å²) in [5, 5.41) is -0.600. The van der Waals surface area contributed by atoms with Gasteiger partial charge in [-0.15, -0.1) is 0 Å². The number of halogens is 1. The molecule has 0 radical (unpaired) electrons. The molecule has 1 saturated heterocycles. The summed E-state index contributed by atoms with van der Waals surface area (Å²) < 4.78 is 38.8. The van der Waals surface area contributed by atoms with Gasteiger partial charge in [0.15, 0.2) is 9.84 Å². The number of rotatable bonds is 3. The second-order valence-electron chi connectivity index (χ2n) is 6.24. The van der Waals surface area contributed by atoms with Gasteiger partial charge in [0.2, 0.25) is 5.91 Å². The molecule has 0 aliphatic carbocycles. The lowest BCUT2D eigenvalue weighted by atomic mass is 10.1. The molecule has 0 N–H and O–H groups in total. The maximum absolute atomic E-state index is 13.6. The number of nitrogens with zero attached hydrogens (tertiary/aromatic N) is 1. The molecule has 4 nitrogen and oxygen atoms in total. The summed E-state index contributed by atoms with van der Waals surface area (Å²) >= 11 is 0. The van der Waals surface area contributed by atoms with Crippen molar-refractivity contribution in [2.45, 2.75) is 11.7 Å². The molecular weight excluding hydrogens is 353 g/mol. The number of sulfone groups is 1. The highest BCUT2D eigenvalue weighted by atomic mass is 32.2. The molecule has 3 rings (SSSR count). The third-order valence-corrected chi connectivity index (χ3v) is 6.66. The minimum atomic E-state index is -3.33. The number of hydrogen-bond donors (Lipinski definition) is 0. The van der Waals surface area contributed by atoms with Crippen molar-refractivity contribution in [2.24, 2.45) is 0 Å². The Bertz CT molecular complexity index is 910. The van der Waals surface area contributed by atoms with E-state index in [1.54, 1.807) is 30.3 Å². The first kappa shape index (κ1) is 18.3. The quantitative estimate of drug-likeness (QED) is 0.776. The summed E-state index contributed by atoms with van der Waals surface area (Å²) in [7, 11) is -3.33. The van der Waals surface area contributed by atoms with E-state index >= 15 is 0 Å². The third-order valence-electron chi connectivity index (χ3n) is 4.53. The fourth-order valence-corrected chi connectivity index (χ4v) is 4.88. The van der Waals surface area contributed by atoms with Crippen LogP contribution in [0.5, 0.6) is 0 Å². The Morgan fingerprint density at radius 3 is 2.46 bits per heavy atom. The van der Waals surface area contributed by atoms with Crippen LogP contribution >= 0.6 is 0 Å². The van der Waals surface area contributed by atoms with Gasteiger partial charge in [-0.25, -0.2) is 12.8 Å².